The molecule has 0 fully saturated rings. The number of hydrogen-bond acceptors (Lipinski definition) is 5. The maximum atomic E-state index is 9.61. The van der Waals surface area contributed by atoms with Crippen LogP contribution in [0.1, 0.15) is 33.9 Å². The standard InChI is InChI=1S/C22H20N4O2/c1-13-3-5-15(6-4-13)12-27-17-9-7-16(8-10-17)20-18(11-23)21(24)28-22-19(20)14(2)25-26-22/h3-10,20H,12,24H2,1-2H3,(H,25,26)/t20-/m1/s1. The van der Waals surface area contributed by atoms with Crippen LogP contribution in [0.15, 0.2) is 60.0 Å². The van der Waals surface area contributed by atoms with E-state index in [1.54, 1.807) is 0 Å². The third-order valence-electron chi connectivity index (χ3n) is 4.87. The number of aryl methyl sites for hydroxylation is 2. The summed E-state index contributed by atoms with van der Waals surface area (Å²) in [5, 5.41) is 16.7. The molecule has 1 aliphatic heterocycles. The van der Waals surface area contributed by atoms with Gasteiger partial charge >= 0.3 is 0 Å². The lowest BCUT2D eigenvalue weighted by Crippen LogP contribution is -2.21. The fraction of sp³-hybridized carbons (Fsp3) is 0.182. The van der Waals surface area contributed by atoms with Crippen LogP contribution in [0.3, 0.4) is 0 Å². The Morgan fingerprint density at radius 1 is 1.14 bits per heavy atom. The summed E-state index contributed by atoms with van der Waals surface area (Å²) in [6.07, 6.45) is 0. The Balaban J connectivity index is 1.58. The summed E-state index contributed by atoms with van der Waals surface area (Å²) >= 11 is 0. The maximum Gasteiger partial charge on any atom is 0.244 e. The number of benzene rings is 2. The first-order valence-corrected chi connectivity index (χ1v) is 8.97. The number of hydrogen-bond donors (Lipinski definition) is 2. The van der Waals surface area contributed by atoms with Crippen molar-refractivity contribution < 1.29 is 9.47 Å². The molecule has 1 aliphatic rings. The molecule has 3 aromatic rings. The number of nitriles is 1. The highest BCUT2D eigenvalue weighted by Crippen LogP contribution is 2.42. The van der Waals surface area contributed by atoms with Gasteiger partial charge in [0.05, 0.1) is 5.92 Å². The number of ether oxygens (including phenoxy) is 2. The van der Waals surface area contributed by atoms with Gasteiger partial charge in [-0.25, -0.2) is 0 Å². The van der Waals surface area contributed by atoms with Gasteiger partial charge in [0.1, 0.15) is 24.0 Å². The first-order valence-electron chi connectivity index (χ1n) is 8.97. The predicted octanol–water partition coefficient (Wildman–Crippen LogP) is 3.82. The molecule has 2 aromatic carbocycles. The number of aromatic amines is 1. The highest BCUT2D eigenvalue weighted by atomic mass is 16.5. The highest BCUT2D eigenvalue weighted by Gasteiger charge is 2.34. The van der Waals surface area contributed by atoms with E-state index >= 15 is 0 Å². The van der Waals surface area contributed by atoms with Gasteiger partial charge in [-0.15, -0.1) is 5.10 Å². The van der Waals surface area contributed by atoms with E-state index in [4.69, 9.17) is 15.2 Å². The lowest BCUT2D eigenvalue weighted by atomic mass is 9.84. The molecule has 0 amide bonds. The van der Waals surface area contributed by atoms with Crippen molar-refractivity contribution >= 4 is 0 Å². The van der Waals surface area contributed by atoms with Crippen molar-refractivity contribution in [3.63, 3.8) is 0 Å². The van der Waals surface area contributed by atoms with Crippen molar-refractivity contribution in [3.05, 3.63) is 87.9 Å². The number of nitrogens with one attached hydrogen (secondary N) is 1. The van der Waals surface area contributed by atoms with Gasteiger partial charge in [-0.3, -0.25) is 5.10 Å². The van der Waals surface area contributed by atoms with Crippen LogP contribution in [0.4, 0.5) is 0 Å². The molecular formula is C22H20N4O2. The average molecular weight is 372 g/mol. The minimum Gasteiger partial charge on any atom is -0.489 e. The lowest BCUT2D eigenvalue weighted by molar-refractivity contribution is 0.306. The molecule has 6 heteroatoms. The van der Waals surface area contributed by atoms with E-state index in [-0.39, 0.29) is 11.8 Å². The van der Waals surface area contributed by atoms with Crippen LogP contribution in [0.2, 0.25) is 0 Å². The number of allylic oxidation sites excluding steroid dienone is 1. The minimum atomic E-state index is -0.321. The Kier molecular flexibility index (Phi) is 4.50. The largest absolute Gasteiger partial charge is 0.489 e. The number of nitrogens with zero attached hydrogens (tertiary/aromatic N) is 2. The van der Waals surface area contributed by atoms with E-state index in [2.05, 4.69) is 47.5 Å². The van der Waals surface area contributed by atoms with Crippen molar-refractivity contribution in [2.24, 2.45) is 5.73 Å². The third kappa shape index (κ3) is 3.19. The van der Waals surface area contributed by atoms with E-state index in [0.717, 1.165) is 28.1 Å². The Bertz CT molecular complexity index is 1070. The van der Waals surface area contributed by atoms with Gasteiger partial charge in [-0.2, -0.15) is 5.26 Å². The van der Waals surface area contributed by atoms with Gasteiger partial charge in [0.15, 0.2) is 0 Å². The molecular weight excluding hydrogens is 352 g/mol. The van der Waals surface area contributed by atoms with Crippen molar-refractivity contribution in [3.8, 4) is 17.7 Å². The minimum absolute atomic E-state index is 0.0891. The number of aromatic nitrogens is 2. The highest BCUT2D eigenvalue weighted by molar-refractivity contribution is 5.55. The van der Waals surface area contributed by atoms with Crippen molar-refractivity contribution in [1.82, 2.24) is 10.2 Å². The fourth-order valence-corrected chi connectivity index (χ4v) is 3.34. The Hall–Kier alpha value is -3.72. The molecule has 0 aliphatic carbocycles. The van der Waals surface area contributed by atoms with Gasteiger partial charge in [-0.1, -0.05) is 42.0 Å². The summed E-state index contributed by atoms with van der Waals surface area (Å²) in [6.45, 7) is 4.46. The van der Waals surface area contributed by atoms with Crippen LogP contribution in [0, 0.1) is 25.2 Å². The summed E-state index contributed by atoms with van der Waals surface area (Å²) in [6, 6.07) is 18.1. The molecule has 1 atom stereocenters. The Labute approximate surface area is 163 Å². The zero-order chi connectivity index (χ0) is 19.7. The molecule has 0 saturated carbocycles. The predicted molar refractivity (Wildman–Crippen MR) is 105 cm³/mol. The first kappa shape index (κ1) is 17.7. The fourth-order valence-electron chi connectivity index (χ4n) is 3.34. The third-order valence-corrected chi connectivity index (χ3v) is 4.87. The normalized spacial score (nSPS) is 15.5. The molecule has 0 spiro atoms. The second kappa shape index (κ2) is 7.12. The Morgan fingerprint density at radius 2 is 1.86 bits per heavy atom. The monoisotopic (exact) mass is 372 g/mol. The van der Waals surface area contributed by atoms with Crippen molar-refractivity contribution in [2.45, 2.75) is 26.4 Å². The lowest BCUT2D eigenvalue weighted by Gasteiger charge is -2.23. The van der Waals surface area contributed by atoms with Gasteiger partial charge in [0.2, 0.25) is 11.8 Å². The molecule has 140 valence electrons. The van der Waals surface area contributed by atoms with Crippen molar-refractivity contribution in [2.75, 3.05) is 0 Å². The van der Waals surface area contributed by atoms with Crippen molar-refractivity contribution in [1.29, 1.82) is 5.26 Å². The summed E-state index contributed by atoms with van der Waals surface area (Å²) in [4.78, 5) is 0. The molecule has 0 bridgehead atoms. The molecule has 0 unspecified atom stereocenters. The SMILES string of the molecule is Cc1ccc(COc2ccc([C@@H]3C(C#N)=C(N)Oc4n[nH]c(C)c43)cc2)cc1. The average Bonchev–Trinajstić information content (AvgIpc) is 3.07. The van der Waals surface area contributed by atoms with E-state index in [1.165, 1.54) is 5.56 Å². The maximum absolute atomic E-state index is 9.61. The number of fused-ring (bicyclic) bond motifs is 1. The molecule has 4 rings (SSSR count). The van der Waals surface area contributed by atoms with Crippen LogP contribution in [-0.2, 0) is 6.61 Å². The molecule has 6 nitrogen and oxygen atoms in total. The number of rotatable bonds is 4. The zero-order valence-corrected chi connectivity index (χ0v) is 15.7. The van der Waals surface area contributed by atoms with E-state index < -0.39 is 0 Å². The van der Waals surface area contributed by atoms with Crippen LogP contribution in [-0.4, -0.2) is 10.2 Å². The first-order chi connectivity index (χ1) is 13.6. The molecule has 0 saturated heterocycles. The zero-order valence-electron chi connectivity index (χ0n) is 15.7. The summed E-state index contributed by atoms with van der Waals surface area (Å²) in [5.41, 5.74) is 11.3. The quantitative estimate of drug-likeness (QED) is 0.725. The van der Waals surface area contributed by atoms with Gasteiger partial charge in [0, 0.05) is 11.3 Å². The van der Waals surface area contributed by atoms with Crippen LogP contribution >= 0.6 is 0 Å². The Morgan fingerprint density at radius 3 is 2.54 bits per heavy atom. The molecule has 1 aromatic heterocycles. The van der Waals surface area contributed by atoms with E-state index in [9.17, 15) is 5.26 Å². The molecule has 2 heterocycles. The van der Waals surface area contributed by atoms with Crippen LogP contribution < -0.4 is 15.2 Å². The summed E-state index contributed by atoms with van der Waals surface area (Å²) < 4.78 is 11.4. The number of H-pyrrole nitrogens is 1. The topological polar surface area (TPSA) is 96.9 Å². The van der Waals surface area contributed by atoms with E-state index in [0.29, 0.717) is 18.1 Å². The van der Waals surface area contributed by atoms with Gasteiger partial charge < -0.3 is 15.2 Å². The molecule has 28 heavy (non-hydrogen) atoms. The van der Waals surface area contributed by atoms with Gasteiger partial charge in [-0.05, 0) is 37.1 Å². The second-order valence-corrected chi connectivity index (χ2v) is 6.84. The summed E-state index contributed by atoms with van der Waals surface area (Å²) in [5.74, 6) is 0.944. The van der Waals surface area contributed by atoms with Crippen LogP contribution in [0.5, 0.6) is 11.6 Å². The second-order valence-electron chi connectivity index (χ2n) is 6.84. The molecule has 3 N–H and O–H groups in total. The van der Waals surface area contributed by atoms with Crippen LogP contribution in [0.25, 0.3) is 0 Å². The summed E-state index contributed by atoms with van der Waals surface area (Å²) in [7, 11) is 0. The molecule has 0 radical (unpaired) electrons. The smallest absolute Gasteiger partial charge is 0.244 e. The number of nitrogens with two attached hydrogens (primary N) is 1. The van der Waals surface area contributed by atoms with E-state index in [1.807, 2.05) is 31.2 Å². The van der Waals surface area contributed by atoms with Gasteiger partial charge in [0.25, 0.3) is 0 Å².